The lowest BCUT2D eigenvalue weighted by molar-refractivity contribution is 0.655. The summed E-state index contributed by atoms with van der Waals surface area (Å²) < 4.78 is 0. The molecule has 0 heterocycles. The van der Waals surface area contributed by atoms with E-state index >= 15 is 0 Å². The van der Waals surface area contributed by atoms with E-state index in [4.69, 9.17) is 0 Å². The summed E-state index contributed by atoms with van der Waals surface area (Å²) in [5, 5.41) is 3.47. The first kappa shape index (κ1) is 13.6. The lowest BCUT2D eigenvalue weighted by Crippen LogP contribution is -2.14. The third-order valence-corrected chi connectivity index (χ3v) is 3.01. The zero-order chi connectivity index (χ0) is 13.2. The maximum atomic E-state index is 3.47. The van der Waals surface area contributed by atoms with E-state index in [0.717, 1.165) is 19.5 Å². The summed E-state index contributed by atoms with van der Waals surface area (Å²) in [6.45, 7) is 2.03. The third-order valence-electron chi connectivity index (χ3n) is 3.01. The largest absolute Gasteiger partial charge is 0.313 e. The first-order valence-corrected chi connectivity index (χ1v) is 6.91. The van der Waals surface area contributed by atoms with Gasteiger partial charge in [-0.15, -0.1) is 0 Å². The number of allylic oxidation sites excluding steroid dienone is 1. The Morgan fingerprint density at radius 2 is 1.53 bits per heavy atom. The molecule has 1 nitrogen and oxygen atoms in total. The fourth-order valence-corrected chi connectivity index (χ4v) is 1.96. The van der Waals surface area contributed by atoms with Crippen LogP contribution in [0.3, 0.4) is 0 Å². The molecule has 0 saturated carbocycles. The highest BCUT2D eigenvalue weighted by molar-refractivity contribution is 5.48. The van der Waals surface area contributed by atoms with Crippen LogP contribution in [0.2, 0.25) is 0 Å². The smallest absolute Gasteiger partial charge is 0.0205 e. The molecule has 19 heavy (non-hydrogen) atoms. The second-order valence-electron chi connectivity index (χ2n) is 4.62. The van der Waals surface area contributed by atoms with Crippen LogP contribution in [0.4, 0.5) is 0 Å². The zero-order valence-corrected chi connectivity index (χ0v) is 11.3. The molecule has 0 fully saturated rings. The van der Waals surface area contributed by atoms with Gasteiger partial charge in [0, 0.05) is 6.54 Å². The van der Waals surface area contributed by atoms with E-state index in [1.807, 2.05) is 6.07 Å². The summed E-state index contributed by atoms with van der Waals surface area (Å²) in [5.41, 5.74) is 2.63. The highest BCUT2D eigenvalue weighted by Gasteiger charge is 1.90. The Bertz CT molecular complexity index is 474. The maximum absolute atomic E-state index is 3.47. The number of hydrogen-bond acceptors (Lipinski definition) is 1. The van der Waals surface area contributed by atoms with Crippen LogP contribution in [-0.4, -0.2) is 6.54 Å². The van der Waals surface area contributed by atoms with E-state index in [1.54, 1.807) is 0 Å². The van der Waals surface area contributed by atoms with E-state index in [1.165, 1.54) is 17.5 Å². The van der Waals surface area contributed by atoms with Crippen LogP contribution in [0.25, 0.3) is 6.08 Å². The first-order valence-electron chi connectivity index (χ1n) is 6.91. The lowest BCUT2D eigenvalue weighted by atomic mass is 10.2. The number of nitrogens with one attached hydrogen (secondary N) is 1. The molecule has 0 amide bonds. The van der Waals surface area contributed by atoms with E-state index < -0.39 is 0 Å². The van der Waals surface area contributed by atoms with Gasteiger partial charge in [0.05, 0.1) is 0 Å². The van der Waals surface area contributed by atoms with Crippen molar-refractivity contribution >= 4 is 6.08 Å². The van der Waals surface area contributed by atoms with Gasteiger partial charge in [-0.2, -0.15) is 0 Å². The van der Waals surface area contributed by atoms with Gasteiger partial charge in [-0.05, 0) is 30.5 Å². The molecule has 2 rings (SSSR count). The molecule has 0 radical (unpaired) electrons. The summed E-state index contributed by atoms with van der Waals surface area (Å²) in [6, 6.07) is 21.0. The molecular formula is C18H21N. The van der Waals surface area contributed by atoms with Gasteiger partial charge in [0.2, 0.25) is 0 Å². The summed E-state index contributed by atoms with van der Waals surface area (Å²) in [6.07, 6.45) is 6.74. The van der Waals surface area contributed by atoms with E-state index in [9.17, 15) is 0 Å². The molecule has 0 aliphatic rings. The quantitative estimate of drug-likeness (QED) is 0.725. The van der Waals surface area contributed by atoms with Crippen LogP contribution in [0.5, 0.6) is 0 Å². The second-order valence-corrected chi connectivity index (χ2v) is 4.62. The monoisotopic (exact) mass is 251 g/mol. The molecule has 0 spiro atoms. The van der Waals surface area contributed by atoms with Crippen LogP contribution in [0.15, 0.2) is 66.7 Å². The molecule has 0 bridgehead atoms. The van der Waals surface area contributed by atoms with Gasteiger partial charge in [0.25, 0.3) is 0 Å². The van der Waals surface area contributed by atoms with Crippen LogP contribution < -0.4 is 5.32 Å². The fourth-order valence-electron chi connectivity index (χ4n) is 1.96. The second kappa shape index (κ2) is 8.28. The van der Waals surface area contributed by atoms with E-state index in [0.29, 0.717) is 0 Å². The minimum absolute atomic E-state index is 0.962. The Hall–Kier alpha value is -1.86. The van der Waals surface area contributed by atoms with Crippen molar-refractivity contribution in [2.24, 2.45) is 0 Å². The molecule has 0 aliphatic carbocycles. The van der Waals surface area contributed by atoms with Crippen molar-refractivity contribution in [2.45, 2.75) is 19.4 Å². The normalized spacial score (nSPS) is 10.9. The van der Waals surface area contributed by atoms with Crippen molar-refractivity contribution in [2.75, 3.05) is 6.54 Å². The molecule has 2 aromatic carbocycles. The Kier molecular flexibility index (Phi) is 5.91. The molecule has 0 aromatic heterocycles. The SMILES string of the molecule is C(=C\c1ccccc1)/CCCNCc1ccccc1. The molecule has 98 valence electrons. The fraction of sp³-hybridized carbons (Fsp3) is 0.222. The van der Waals surface area contributed by atoms with Crippen LogP contribution in [0, 0.1) is 0 Å². The summed E-state index contributed by atoms with van der Waals surface area (Å²) in [5.74, 6) is 0. The summed E-state index contributed by atoms with van der Waals surface area (Å²) in [4.78, 5) is 0. The van der Waals surface area contributed by atoms with Crippen molar-refractivity contribution in [1.29, 1.82) is 0 Å². The van der Waals surface area contributed by atoms with Crippen LogP contribution in [-0.2, 0) is 6.54 Å². The molecule has 2 aromatic rings. The van der Waals surface area contributed by atoms with Gasteiger partial charge in [-0.1, -0.05) is 72.8 Å². The van der Waals surface area contributed by atoms with Gasteiger partial charge in [0.1, 0.15) is 0 Å². The van der Waals surface area contributed by atoms with E-state index in [-0.39, 0.29) is 0 Å². The molecule has 1 heteroatoms. The van der Waals surface area contributed by atoms with Crippen molar-refractivity contribution in [1.82, 2.24) is 5.32 Å². The van der Waals surface area contributed by atoms with Crippen molar-refractivity contribution in [3.63, 3.8) is 0 Å². The Balaban J connectivity index is 1.56. The van der Waals surface area contributed by atoms with Gasteiger partial charge in [0.15, 0.2) is 0 Å². The Morgan fingerprint density at radius 1 is 0.842 bits per heavy atom. The van der Waals surface area contributed by atoms with Gasteiger partial charge >= 0.3 is 0 Å². The van der Waals surface area contributed by atoms with Gasteiger partial charge in [-0.25, -0.2) is 0 Å². The molecule has 0 saturated heterocycles. The molecular weight excluding hydrogens is 230 g/mol. The standard InChI is InChI=1S/C18H21N/c1-4-10-17(11-5-1)12-8-3-9-15-19-16-18-13-6-2-7-14-18/h1-2,4-8,10-14,19H,3,9,15-16H2/b12-8+. The average molecular weight is 251 g/mol. The minimum atomic E-state index is 0.962. The number of hydrogen-bond donors (Lipinski definition) is 1. The lowest BCUT2D eigenvalue weighted by Gasteiger charge is -2.03. The summed E-state index contributed by atoms with van der Waals surface area (Å²) in [7, 11) is 0. The third kappa shape index (κ3) is 5.54. The minimum Gasteiger partial charge on any atom is -0.313 e. The average Bonchev–Trinajstić information content (AvgIpc) is 2.48. The van der Waals surface area contributed by atoms with Crippen molar-refractivity contribution < 1.29 is 0 Å². The number of unbranched alkanes of at least 4 members (excludes halogenated alkanes) is 1. The molecule has 0 atom stereocenters. The van der Waals surface area contributed by atoms with Crippen LogP contribution >= 0.6 is 0 Å². The predicted octanol–water partition coefficient (Wildman–Crippen LogP) is 4.27. The van der Waals surface area contributed by atoms with E-state index in [2.05, 4.69) is 72.1 Å². The van der Waals surface area contributed by atoms with Crippen LogP contribution in [0.1, 0.15) is 24.0 Å². The van der Waals surface area contributed by atoms with Crippen molar-refractivity contribution in [3.05, 3.63) is 77.9 Å². The summed E-state index contributed by atoms with van der Waals surface area (Å²) >= 11 is 0. The van der Waals surface area contributed by atoms with Crippen molar-refractivity contribution in [3.8, 4) is 0 Å². The maximum Gasteiger partial charge on any atom is 0.0205 e. The van der Waals surface area contributed by atoms with Gasteiger partial charge in [-0.3, -0.25) is 0 Å². The molecule has 0 unspecified atom stereocenters. The Labute approximate surface area is 116 Å². The first-order chi connectivity index (χ1) is 9.45. The van der Waals surface area contributed by atoms with Gasteiger partial charge < -0.3 is 5.32 Å². The number of benzene rings is 2. The highest BCUT2D eigenvalue weighted by Crippen LogP contribution is 2.03. The predicted molar refractivity (Wildman–Crippen MR) is 82.9 cm³/mol. The highest BCUT2D eigenvalue weighted by atomic mass is 14.8. The Morgan fingerprint density at radius 3 is 2.26 bits per heavy atom. The molecule has 0 aliphatic heterocycles. The molecule has 1 N–H and O–H groups in total. The topological polar surface area (TPSA) is 12.0 Å². The zero-order valence-electron chi connectivity index (χ0n) is 11.3. The number of rotatable bonds is 7.